The molecule has 0 fully saturated rings. The standard InChI is InChI=1S/C19H16O6/c1-19(2,24)10-9-12-3-5-13(6-4-12)25-14-7-8-15(17(20)21)16(11-14)18(22)23/h3-8,11,24H,1-2H3,(H,20,21)(H,22,23). The molecule has 0 unspecified atom stereocenters. The van der Waals surface area contributed by atoms with Crippen LogP contribution in [0.1, 0.15) is 40.1 Å². The van der Waals surface area contributed by atoms with Crippen LogP contribution in [0.3, 0.4) is 0 Å². The number of aliphatic hydroxyl groups is 1. The fourth-order valence-corrected chi connectivity index (χ4v) is 1.92. The maximum absolute atomic E-state index is 11.2. The molecule has 2 aromatic carbocycles. The van der Waals surface area contributed by atoms with Crippen LogP contribution in [0.2, 0.25) is 0 Å². The fourth-order valence-electron chi connectivity index (χ4n) is 1.92. The first-order valence-electron chi connectivity index (χ1n) is 7.30. The summed E-state index contributed by atoms with van der Waals surface area (Å²) < 4.78 is 5.55. The van der Waals surface area contributed by atoms with Crippen LogP contribution in [0.5, 0.6) is 11.5 Å². The van der Waals surface area contributed by atoms with Gasteiger partial charge in [0.15, 0.2) is 0 Å². The largest absolute Gasteiger partial charge is 0.478 e. The van der Waals surface area contributed by atoms with Crippen LogP contribution < -0.4 is 4.74 Å². The number of ether oxygens (including phenoxy) is 1. The summed E-state index contributed by atoms with van der Waals surface area (Å²) in [6.45, 7) is 3.16. The Balaban J connectivity index is 2.22. The van der Waals surface area contributed by atoms with Gasteiger partial charge in [0.25, 0.3) is 0 Å². The summed E-state index contributed by atoms with van der Waals surface area (Å²) in [6, 6.07) is 10.4. The Morgan fingerprint density at radius 1 is 0.920 bits per heavy atom. The molecule has 0 aliphatic rings. The van der Waals surface area contributed by atoms with E-state index < -0.39 is 17.5 Å². The fraction of sp³-hybridized carbons (Fsp3) is 0.158. The molecule has 25 heavy (non-hydrogen) atoms. The van der Waals surface area contributed by atoms with E-state index >= 15 is 0 Å². The number of rotatable bonds is 4. The molecule has 128 valence electrons. The molecule has 0 aliphatic heterocycles. The number of carbonyl (C=O) groups is 2. The van der Waals surface area contributed by atoms with Crippen LogP contribution in [0.15, 0.2) is 42.5 Å². The van der Waals surface area contributed by atoms with Gasteiger partial charge in [-0.3, -0.25) is 0 Å². The lowest BCUT2D eigenvalue weighted by Crippen LogP contribution is -2.14. The molecule has 2 aromatic rings. The Kier molecular flexibility index (Phi) is 5.11. The van der Waals surface area contributed by atoms with Crippen molar-refractivity contribution in [2.75, 3.05) is 0 Å². The SMILES string of the molecule is CC(C)(O)C#Cc1ccc(Oc2ccc(C(=O)O)c(C(=O)O)c2)cc1. The second-order valence-electron chi connectivity index (χ2n) is 5.75. The first-order chi connectivity index (χ1) is 11.7. The van der Waals surface area contributed by atoms with Gasteiger partial charge in [0, 0.05) is 5.56 Å². The highest BCUT2D eigenvalue weighted by atomic mass is 16.5. The Labute approximate surface area is 144 Å². The van der Waals surface area contributed by atoms with Crippen molar-refractivity contribution >= 4 is 11.9 Å². The van der Waals surface area contributed by atoms with Gasteiger partial charge in [-0.25, -0.2) is 9.59 Å². The topological polar surface area (TPSA) is 104 Å². The van der Waals surface area contributed by atoms with Crippen LogP contribution >= 0.6 is 0 Å². The van der Waals surface area contributed by atoms with Gasteiger partial charge in [0.05, 0.1) is 11.1 Å². The quantitative estimate of drug-likeness (QED) is 0.739. The molecule has 0 aliphatic carbocycles. The maximum Gasteiger partial charge on any atom is 0.336 e. The molecule has 2 rings (SSSR count). The second kappa shape index (κ2) is 7.07. The molecule has 0 amide bonds. The average molecular weight is 340 g/mol. The van der Waals surface area contributed by atoms with E-state index in [1.54, 1.807) is 38.1 Å². The minimum Gasteiger partial charge on any atom is -0.478 e. The van der Waals surface area contributed by atoms with Gasteiger partial charge in [-0.1, -0.05) is 11.8 Å². The summed E-state index contributed by atoms with van der Waals surface area (Å²) in [6.07, 6.45) is 0. The second-order valence-corrected chi connectivity index (χ2v) is 5.75. The summed E-state index contributed by atoms with van der Waals surface area (Å²) in [4.78, 5) is 22.2. The van der Waals surface area contributed by atoms with Crippen LogP contribution in [0.25, 0.3) is 0 Å². The van der Waals surface area contributed by atoms with Crippen molar-refractivity contribution in [2.24, 2.45) is 0 Å². The maximum atomic E-state index is 11.2. The summed E-state index contributed by atoms with van der Waals surface area (Å²) in [5.41, 5.74) is -1.06. The summed E-state index contributed by atoms with van der Waals surface area (Å²) >= 11 is 0. The third kappa shape index (κ3) is 5.09. The van der Waals surface area contributed by atoms with Crippen LogP contribution in [-0.2, 0) is 0 Å². The van der Waals surface area contributed by atoms with E-state index in [1.165, 1.54) is 12.1 Å². The number of carboxylic acid groups (broad SMARTS) is 2. The Bertz CT molecular complexity index is 864. The molecular weight excluding hydrogens is 324 g/mol. The smallest absolute Gasteiger partial charge is 0.336 e. The van der Waals surface area contributed by atoms with Crippen molar-refractivity contribution in [3.05, 3.63) is 59.2 Å². The Hall–Kier alpha value is -3.30. The van der Waals surface area contributed by atoms with Crippen LogP contribution in [0, 0.1) is 11.8 Å². The van der Waals surface area contributed by atoms with Gasteiger partial charge in [-0.05, 0) is 56.3 Å². The lowest BCUT2D eigenvalue weighted by atomic mass is 10.1. The normalized spacial score (nSPS) is 10.5. The van der Waals surface area contributed by atoms with E-state index in [2.05, 4.69) is 11.8 Å². The van der Waals surface area contributed by atoms with Gasteiger partial charge in [0.1, 0.15) is 17.1 Å². The third-order valence-corrected chi connectivity index (χ3v) is 3.05. The molecule has 0 saturated carbocycles. The highest BCUT2D eigenvalue weighted by Gasteiger charge is 2.17. The summed E-state index contributed by atoms with van der Waals surface area (Å²) in [5.74, 6) is 3.49. The van der Waals surface area contributed by atoms with Crippen molar-refractivity contribution < 1.29 is 29.6 Å². The predicted molar refractivity (Wildman–Crippen MR) is 90.1 cm³/mol. The van der Waals surface area contributed by atoms with Gasteiger partial charge >= 0.3 is 11.9 Å². The van der Waals surface area contributed by atoms with E-state index in [1.807, 2.05) is 0 Å². The molecule has 0 radical (unpaired) electrons. The number of aromatic carboxylic acids is 2. The van der Waals surface area contributed by atoms with Crippen molar-refractivity contribution in [3.63, 3.8) is 0 Å². The Morgan fingerprint density at radius 3 is 2.00 bits per heavy atom. The van der Waals surface area contributed by atoms with Crippen LogP contribution in [0.4, 0.5) is 0 Å². The average Bonchev–Trinajstić information content (AvgIpc) is 2.53. The van der Waals surface area contributed by atoms with Crippen molar-refractivity contribution in [2.45, 2.75) is 19.4 Å². The zero-order chi connectivity index (χ0) is 18.6. The summed E-state index contributed by atoms with van der Waals surface area (Å²) in [5, 5.41) is 27.7. The van der Waals surface area contributed by atoms with Gasteiger partial charge in [-0.2, -0.15) is 0 Å². The minimum atomic E-state index is -1.35. The molecule has 6 nitrogen and oxygen atoms in total. The highest BCUT2D eigenvalue weighted by molar-refractivity contribution is 6.02. The van der Waals surface area contributed by atoms with Crippen molar-refractivity contribution in [3.8, 4) is 23.3 Å². The first-order valence-corrected chi connectivity index (χ1v) is 7.30. The molecule has 0 aromatic heterocycles. The zero-order valence-electron chi connectivity index (χ0n) is 13.6. The lowest BCUT2D eigenvalue weighted by molar-refractivity contribution is 0.0651. The summed E-state index contributed by atoms with van der Waals surface area (Å²) in [7, 11) is 0. The molecule has 0 bridgehead atoms. The van der Waals surface area contributed by atoms with E-state index in [0.717, 1.165) is 6.07 Å². The zero-order valence-corrected chi connectivity index (χ0v) is 13.6. The van der Waals surface area contributed by atoms with E-state index in [0.29, 0.717) is 11.3 Å². The number of benzene rings is 2. The monoisotopic (exact) mass is 340 g/mol. The predicted octanol–water partition coefficient (Wildman–Crippen LogP) is 3.00. The highest BCUT2D eigenvalue weighted by Crippen LogP contribution is 2.24. The molecule has 0 heterocycles. The molecule has 3 N–H and O–H groups in total. The molecule has 0 spiro atoms. The van der Waals surface area contributed by atoms with E-state index in [4.69, 9.17) is 14.9 Å². The van der Waals surface area contributed by atoms with Crippen molar-refractivity contribution in [1.82, 2.24) is 0 Å². The molecular formula is C19H16O6. The number of carboxylic acids is 2. The third-order valence-electron chi connectivity index (χ3n) is 3.05. The number of hydrogen-bond donors (Lipinski definition) is 3. The Morgan fingerprint density at radius 2 is 1.48 bits per heavy atom. The minimum absolute atomic E-state index is 0.206. The molecule has 6 heteroatoms. The van der Waals surface area contributed by atoms with Gasteiger partial charge in [-0.15, -0.1) is 0 Å². The van der Waals surface area contributed by atoms with Gasteiger partial charge in [0.2, 0.25) is 0 Å². The first kappa shape index (κ1) is 18.0. The van der Waals surface area contributed by atoms with Crippen molar-refractivity contribution in [1.29, 1.82) is 0 Å². The number of hydrogen-bond acceptors (Lipinski definition) is 4. The molecule has 0 saturated heterocycles. The van der Waals surface area contributed by atoms with Crippen LogP contribution in [-0.4, -0.2) is 32.9 Å². The lowest BCUT2D eigenvalue weighted by Gasteiger charge is -2.08. The van der Waals surface area contributed by atoms with E-state index in [9.17, 15) is 14.7 Å². The van der Waals surface area contributed by atoms with Gasteiger partial charge < -0.3 is 20.1 Å². The molecule has 0 atom stereocenters. The van der Waals surface area contributed by atoms with E-state index in [-0.39, 0.29) is 16.9 Å².